The minimum absolute atomic E-state index is 0. The van der Waals surface area contributed by atoms with Crippen LogP contribution in [0.2, 0.25) is 0 Å². The Morgan fingerprint density at radius 3 is 2.46 bits per heavy atom. The number of hydrogen-bond acceptors (Lipinski definition) is 2. The number of alkyl halides is 2. The van der Waals surface area contributed by atoms with Crippen molar-refractivity contribution in [1.29, 1.82) is 0 Å². The number of nitrogens with two attached hydrogens (primary N) is 1. The van der Waals surface area contributed by atoms with E-state index in [1.54, 1.807) is 18.2 Å². The van der Waals surface area contributed by atoms with E-state index in [0.29, 0.717) is 5.56 Å². The van der Waals surface area contributed by atoms with Crippen molar-refractivity contribution in [1.82, 2.24) is 0 Å². The lowest BCUT2D eigenvalue weighted by molar-refractivity contribution is -0.0504. The van der Waals surface area contributed by atoms with Crippen LogP contribution in [-0.4, -0.2) is 12.6 Å². The number of halogens is 3. The number of rotatable bonds is 6. The smallest absolute Gasteiger partial charge is 0.387 e. The summed E-state index contributed by atoms with van der Waals surface area (Å²) in [7, 11) is 0. The molecule has 0 aliphatic carbocycles. The Morgan fingerprint density at radius 1 is 1.17 bits per heavy atom. The first-order valence-corrected chi connectivity index (χ1v) is 7.27. The average molecular weight is 447 g/mol. The topological polar surface area (TPSA) is 59.6 Å². The standard InChI is InChI=1S/C17H19F2N3O.HI/c1-2-12-7-9-14(10-8-12)22-17(20)21-11-13-5-3-4-6-15(13)23-16(18)19;/h3-10,16H,2,11H2,1H3,(H3,20,21,22);1H. The highest BCUT2D eigenvalue weighted by Gasteiger charge is 2.08. The van der Waals surface area contributed by atoms with Gasteiger partial charge in [-0.25, -0.2) is 4.99 Å². The Labute approximate surface area is 157 Å². The highest BCUT2D eigenvalue weighted by molar-refractivity contribution is 14.0. The predicted molar refractivity (Wildman–Crippen MR) is 103 cm³/mol. The monoisotopic (exact) mass is 447 g/mol. The van der Waals surface area contributed by atoms with Crippen molar-refractivity contribution >= 4 is 35.6 Å². The first-order chi connectivity index (χ1) is 11.1. The Hall–Kier alpha value is -1.90. The maximum atomic E-state index is 12.4. The molecule has 130 valence electrons. The molecule has 7 heteroatoms. The number of nitrogens with one attached hydrogen (secondary N) is 1. The second kappa shape index (κ2) is 10.1. The summed E-state index contributed by atoms with van der Waals surface area (Å²) in [5, 5.41) is 2.96. The summed E-state index contributed by atoms with van der Waals surface area (Å²) in [4.78, 5) is 4.16. The van der Waals surface area contributed by atoms with E-state index in [0.717, 1.165) is 12.1 Å². The van der Waals surface area contributed by atoms with Gasteiger partial charge in [0.1, 0.15) is 5.75 Å². The number of para-hydroxylation sites is 1. The quantitative estimate of drug-likeness (QED) is 0.392. The van der Waals surface area contributed by atoms with Crippen molar-refractivity contribution < 1.29 is 13.5 Å². The van der Waals surface area contributed by atoms with E-state index in [4.69, 9.17) is 5.73 Å². The van der Waals surface area contributed by atoms with Gasteiger partial charge < -0.3 is 15.8 Å². The zero-order valence-corrected chi connectivity index (χ0v) is 15.5. The third-order valence-electron chi connectivity index (χ3n) is 3.24. The molecule has 24 heavy (non-hydrogen) atoms. The predicted octanol–water partition coefficient (Wildman–Crippen LogP) is 4.40. The Morgan fingerprint density at radius 2 is 1.83 bits per heavy atom. The van der Waals surface area contributed by atoms with Crippen LogP contribution in [-0.2, 0) is 13.0 Å². The van der Waals surface area contributed by atoms with Gasteiger partial charge in [0.2, 0.25) is 0 Å². The van der Waals surface area contributed by atoms with Crippen LogP contribution in [0.15, 0.2) is 53.5 Å². The van der Waals surface area contributed by atoms with E-state index in [1.807, 2.05) is 24.3 Å². The molecule has 0 aromatic heterocycles. The molecule has 0 amide bonds. The van der Waals surface area contributed by atoms with Crippen LogP contribution >= 0.6 is 24.0 Å². The first-order valence-electron chi connectivity index (χ1n) is 7.27. The molecule has 0 saturated carbocycles. The molecule has 0 bridgehead atoms. The average Bonchev–Trinajstić information content (AvgIpc) is 2.54. The maximum Gasteiger partial charge on any atom is 0.387 e. The normalized spacial score (nSPS) is 11.1. The van der Waals surface area contributed by atoms with Crippen LogP contribution in [0.3, 0.4) is 0 Å². The van der Waals surface area contributed by atoms with Gasteiger partial charge in [0.15, 0.2) is 5.96 Å². The molecule has 2 aromatic rings. The number of anilines is 1. The van der Waals surface area contributed by atoms with Gasteiger partial charge in [-0.15, -0.1) is 24.0 Å². The van der Waals surface area contributed by atoms with Crippen LogP contribution < -0.4 is 15.8 Å². The third-order valence-corrected chi connectivity index (χ3v) is 3.24. The second-order valence-electron chi connectivity index (χ2n) is 4.86. The van der Waals surface area contributed by atoms with Crippen molar-refractivity contribution in [3.05, 3.63) is 59.7 Å². The molecule has 0 fully saturated rings. The lowest BCUT2D eigenvalue weighted by atomic mass is 10.1. The summed E-state index contributed by atoms with van der Waals surface area (Å²) >= 11 is 0. The van der Waals surface area contributed by atoms with Crippen molar-refractivity contribution in [2.45, 2.75) is 26.5 Å². The molecule has 0 spiro atoms. The molecular formula is C17H20F2IN3O. The van der Waals surface area contributed by atoms with Crippen molar-refractivity contribution in [3.63, 3.8) is 0 Å². The summed E-state index contributed by atoms with van der Waals surface area (Å²) in [5.74, 6) is 0.312. The Bertz CT molecular complexity index is 663. The van der Waals surface area contributed by atoms with Crippen LogP contribution in [0.1, 0.15) is 18.1 Å². The third kappa shape index (κ3) is 6.31. The Balaban J connectivity index is 0.00000288. The van der Waals surface area contributed by atoms with Crippen molar-refractivity contribution in [2.24, 2.45) is 10.7 Å². The minimum atomic E-state index is -2.87. The van der Waals surface area contributed by atoms with Gasteiger partial charge in [-0.1, -0.05) is 37.3 Å². The lowest BCUT2D eigenvalue weighted by Crippen LogP contribution is -2.22. The molecular weight excluding hydrogens is 427 g/mol. The van der Waals surface area contributed by atoms with Gasteiger partial charge in [0.25, 0.3) is 0 Å². The highest BCUT2D eigenvalue weighted by atomic mass is 127. The van der Waals surface area contributed by atoms with Crippen LogP contribution in [0, 0.1) is 0 Å². The molecule has 0 heterocycles. The summed E-state index contributed by atoms with van der Waals surface area (Å²) in [5.41, 5.74) is 8.41. The fourth-order valence-electron chi connectivity index (χ4n) is 2.03. The molecule has 0 aliphatic heterocycles. The zero-order valence-electron chi connectivity index (χ0n) is 13.2. The number of ether oxygens (including phenoxy) is 1. The largest absolute Gasteiger partial charge is 0.434 e. The summed E-state index contributed by atoms with van der Waals surface area (Å²) < 4.78 is 29.2. The van der Waals surface area contributed by atoms with E-state index in [9.17, 15) is 8.78 Å². The number of aliphatic imine (C=N–C) groups is 1. The molecule has 0 unspecified atom stereocenters. The molecule has 0 saturated heterocycles. The first kappa shape index (κ1) is 20.1. The molecule has 0 atom stereocenters. The molecule has 4 nitrogen and oxygen atoms in total. The van der Waals surface area contributed by atoms with Gasteiger partial charge in [0, 0.05) is 11.3 Å². The van der Waals surface area contributed by atoms with Gasteiger partial charge in [-0.2, -0.15) is 8.78 Å². The van der Waals surface area contributed by atoms with E-state index in [-0.39, 0.29) is 42.2 Å². The maximum absolute atomic E-state index is 12.4. The minimum Gasteiger partial charge on any atom is -0.434 e. The fourth-order valence-corrected chi connectivity index (χ4v) is 2.03. The number of benzene rings is 2. The molecule has 2 rings (SSSR count). The van der Waals surface area contributed by atoms with Crippen LogP contribution in [0.5, 0.6) is 5.75 Å². The fraction of sp³-hybridized carbons (Fsp3) is 0.235. The van der Waals surface area contributed by atoms with Gasteiger partial charge >= 0.3 is 6.61 Å². The van der Waals surface area contributed by atoms with Crippen molar-refractivity contribution in [3.8, 4) is 5.75 Å². The molecule has 0 radical (unpaired) electrons. The van der Waals surface area contributed by atoms with E-state index in [1.165, 1.54) is 11.6 Å². The lowest BCUT2D eigenvalue weighted by Gasteiger charge is -2.10. The van der Waals surface area contributed by atoms with Gasteiger partial charge in [-0.3, -0.25) is 0 Å². The second-order valence-corrected chi connectivity index (χ2v) is 4.86. The summed E-state index contributed by atoms with van der Waals surface area (Å²) in [6, 6.07) is 14.3. The summed E-state index contributed by atoms with van der Waals surface area (Å²) in [6.07, 6.45) is 0.963. The number of aryl methyl sites for hydroxylation is 1. The molecule has 3 N–H and O–H groups in total. The molecule has 0 aliphatic rings. The van der Waals surface area contributed by atoms with Crippen LogP contribution in [0.4, 0.5) is 14.5 Å². The van der Waals surface area contributed by atoms with Crippen molar-refractivity contribution in [2.75, 3.05) is 5.32 Å². The highest BCUT2D eigenvalue weighted by Crippen LogP contribution is 2.21. The summed E-state index contributed by atoms with van der Waals surface area (Å²) in [6.45, 7) is -0.640. The number of nitrogens with zero attached hydrogens (tertiary/aromatic N) is 1. The van der Waals surface area contributed by atoms with Gasteiger partial charge in [-0.05, 0) is 30.2 Å². The van der Waals surface area contributed by atoms with Gasteiger partial charge in [0.05, 0.1) is 6.54 Å². The van der Waals surface area contributed by atoms with Crippen LogP contribution in [0.25, 0.3) is 0 Å². The Kier molecular flexibility index (Phi) is 8.45. The molecule has 2 aromatic carbocycles. The zero-order chi connectivity index (χ0) is 16.7. The van der Waals surface area contributed by atoms with E-state index < -0.39 is 6.61 Å². The SMILES string of the molecule is CCc1ccc(NC(N)=NCc2ccccc2OC(F)F)cc1.I. The number of guanidine groups is 1. The number of hydrogen-bond donors (Lipinski definition) is 2. The van der Waals surface area contributed by atoms with E-state index >= 15 is 0 Å². The van der Waals surface area contributed by atoms with E-state index in [2.05, 4.69) is 22.0 Å².